The molecule has 0 aliphatic carbocycles. The highest BCUT2D eigenvalue weighted by molar-refractivity contribution is 5.81. The fourth-order valence-corrected chi connectivity index (χ4v) is 2.49. The van der Waals surface area contributed by atoms with Gasteiger partial charge in [0.25, 0.3) is 0 Å². The van der Waals surface area contributed by atoms with Gasteiger partial charge in [0.2, 0.25) is 5.91 Å². The zero-order valence-corrected chi connectivity index (χ0v) is 11.3. The molecule has 0 spiro atoms. The van der Waals surface area contributed by atoms with E-state index in [1.807, 2.05) is 18.0 Å². The molecule has 0 bridgehead atoms. The van der Waals surface area contributed by atoms with Crippen LogP contribution in [0, 0.1) is 6.92 Å². The summed E-state index contributed by atoms with van der Waals surface area (Å²) in [5, 5.41) is 3.31. The molecule has 98 valence electrons. The third-order valence-corrected chi connectivity index (χ3v) is 3.49. The van der Waals surface area contributed by atoms with Gasteiger partial charge in [0.15, 0.2) is 0 Å². The first kappa shape index (κ1) is 13.1. The van der Waals surface area contributed by atoms with E-state index >= 15 is 0 Å². The van der Waals surface area contributed by atoms with E-state index in [1.165, 1.54) is 17.5 Å². The Labute approximate surface area is 109 Å². The van der Waals surface area contributed by atoms with E-state index in [-0.39, 0.29) is 11.9 Å². The normalized spacial score (nSPS) is 19.6. The molecule has 1 N–H and O–H groups in total. The number of amides is 1. The first-order chi connectivity index (χ1) is 8.66. The van der Waals surface area contributed by atoms with Crippen molar-refractivity contribution in [2.75, 3.05) is 13.6 Å². The van der Waals surface area contributed by atoms with Crippen LogP contribution in [0.15, 0.2) is 24.3 Å². The van der Waals surface area contributed by atoms with E-state index in [9.17, 15) is 4.79 Å². The lowest BCUT2D eigenvalue weighted by atomic mass is 10.0. The molecule has 1 fully saturated rings. The lowest BCUT2D eigenvalue weighted by Crippen LogP contribution is -2.46. The maximum Gasteiger partial charge on any atom is 0.239 e. The standard InChI is InChI=1S/C15H22N2O/c1-12-6-5-7-13(10-12)11-17(2)15(18)14-8-3-4-9-16-14/h5-7,10,14,16H,3-4,8-9,11H2,1-2H3/t14-/m0/s1. The van der Waals surface area contributed by atoms with Gasteiger partial charge >= 0.3 is 0 Å². The zero-order valence-electron chi connectivity index (χ0n) is 11.3. The first-order valence-corrected chi connectivity index (χ1v) is 6.71. The fourth-order valence-electron chi connectivity index (χ4n) is 2.49. The topological polar surface area (TPSA) is 32.3 Å². The summed E-state index contributed by atoms with van der Waals surface area (Å²) in [4.78, 5) is 14.1. The van der Waals surface area contributed by atoms with Crippen LogP contribution < -0.4 is 5.32 Å². The van der Waals surface area contributed by atoms with Crippen LogP contribution in [0.25, 0.3) is 0 Å². The summed E-state index contributed by atoms with van der Waals surface area (Å²) in [6, 6.07) is 8.35. The number of nitrogens with zero attached hydrogens (tertiary/aromatic N) is 1. The second-order valence-corrected chi connectivity index (χ2v) is 5.19. The van der Waals surface area contributed by atoms with Crippen molar-refractivity contribution < 1.29 is 4.79 Å². The average molecular weight is 246 g/mol. The van der Waals surface area contributed by atoms with Crippen molar-refractivity contribution in [3.63, 3.8) is 0 Å². The number of hydrogen-bond acceptors (Lipinski definition) is 2. The highest BCUT2D eigenvalue weighted by Crippen LogP contribution is 2.12. The summed E-state index contributed by atoms with van der Waals surface area (Å²) in [6.07, 6.45) is 3.31. The molecule has 1 aromatic carbocycles. The van der Waals surface area contributed by atoms with E-state index in [1.54, 1.807) is 0 Å². The van der Waals surface area contributed by atoms with E-state index in [4.69, 9.17) is 0 Å². The molecule has 18 heavy (non-hydrogen) atoms. The van der Waals surface area contributed by atoms with Crippen molar-refractivity contribution in [2.45, 2.75) is 38.8 Å². The van der Waals surface area contributed by atoms with Gasteiger partial charge in [-0.05, 0) is 31.9 Å². The highest BCUT2D eigenvalue weighted by Gasteiger charge is 2.23. The molecule has 1 aliphatic heterocycles. The quantitative estimate of drug-likeness (QED) is 0.885. The monoisotopic (exact) mass is 246 g/mol. The molecule has 0 saturated carbocycles. The number of benzene rings is 1. The molecule has 2 rings (SSSR count). The number of aryl methyl sites for hydroxylation is 1. The van der Waals surface area contributed by atoms with E-state index < -0.39 is 0 Å². The first-order valence-electron chi connectivity index (χ1n) is 6.71. The minimum atomic E-state index is 0.0218. The lowest BCUT2D eigenvalue weighted by molar-refractivity contribution is -0.133. The SMILES string of the molecule is Cc1cccc(CN(C)C(=O)[C@@H]2CCCCN2)c1. The van der Waals surface area contributed by atoms with Gasteiger partial charge in [-0.25, -0.2) is 0 Å². The van der Waals surface area contributed by atoms with Gasteiger partial charge in [0, 0.05) is 13.6 Å². The van der Waals surface area contributed by atoms with Crippen LogP contribution in [0.4, 0.5) is 0 Å². The van der Waals surface area contributed by atoms with Crippen molar-refractivity contribution in [1.82, 2.24) is 10.2 Å². The number of piperidine rings is 1. The Morgan fingerprint density at radius 1 is 1.44 bits per heavy atom. The van der Waals surface area contributed by atoms with Gasteiger partial charge in [0.05, 0.1) is 6.04 Å². The largest absolute Gasteiger partial charge is 0.340 e. The van der Waals surface area contributed by atoms with Crippen LogP contribution in [0.5, 0.6) is 0 Å². The Kier molecular flexibility index (Phi) is 4.37. The van der Waals surface area contributed by atoms with E-state index in [2.05, 4.69) is 30.4 Å². The minimum Gasteiger partial charge on any atom is -0.340 e. The number of carbonyl (C=O) groups is 1. The molecule has 0 aromatic heterocycles. The predicted molar refractivity (Wildman–Crippen MR) is 73.3 cm³/mol. The summed E-state index contributed by atoms with van der Waals surface area (Å²) in [5.41, 5.74) is 2.44. The number of rotatable bonds is 3. The molecule has 0 radical (unpaired) electrons. The number of hydrogen-bond donors (Lipinski definition) is 1. The summed E-state index contributed by atoms with van der Waals surface area (Å²) in [6.45, 7) is 3.74. The molecule has 1 aliphatic rings. The summed E-state index contributed by atoms with van der Waals surface area (Å²) in [5.74, 6) is 0.219. The summed E-state index contributed by atoms with van der Waals surface area (Å²) >= 11 is 0. The van der Waals surface area contributed by atoms with E-state index in [0.29, 0.717) is 6.54 Å². The maximum absolute atomic E-state index is 12.3. The number of likely N-dealkylation sites (N-methyl/N-ethyl adjacent to an activating group) is 1. The molecule has 3 heteroatoms. The molecule has 1 atom stereocenters. The van der Waals surface area contributed by atoms with Gasteiger partial charge in [-0.2, -0.15) is 0 Å². The molecule has 1 saturated heterocycles. The molecule has 1 heterocycles. The third kappa shape index (κ3) is 3.33. The Bertz CT molecular complexity index is 411. The fraction of sp³-hybridized carbons (Fsp3) is 0.533. The van der Waals surface area contributed by atoms with Crippen LogP contribution in [-0.4, -0.2) is 30.4 Å². The van der Waals surface area contributed by atoms with E-state index in [0.717, 1.165) is 19.4 Å². The predicted octanol–water partition coefficient (Wildman–Crippen LogP) is 2.10. The lowest BCUT2D eigenvalue weighted by Gasteiger charge is -2.27. The van der Waals surface area contributed by atoms with Crippen molar-refractivity contribution in [2.24, 2.45) is 0 Å². The highest BCUT2D eigenvalue weighted by atomic mass is 16.2. The Balaban J connectivity index is 1.94. The third-order valence-electron chi connectivity index (χ3n) is 3.49. The molecule has 0 unspecified atom stereocenters. The van der Waals surface area contributed by atoms with Crippen molar-refractivity contribution >= 4 is 5.91 Å². The average Bonchev–Trinajstić information content (AvgIpc) is 2.39. The molecule has 1 amide bonds. The Morgan fingerprint density at radius 2 is 2.28 bits per heavy atom. The molecule has 3 nitrogen and oxygen atoms in total. The van der Waals surface area contributed by atoms with Gasteiger partial charge in [-0.3, -0.25) is 4.79 Å². The van der Waals surface area contributed by atoms with Gasteiger partial charge < -0.3 is 10.2 Å². The second-order valence-electron chi connectivity index (χ2n) is 5.19. The summed E-state index contributed by atoms with van der Waals surface area (Å²) < 4.78 is 0. The summed E-state index contributed by atoms with van der Waals surface area (Å²) in [7, 11) is 1.89. The zero-order chi connectivity index (χ0) is 13.0. The molecular formula is C15H22N2O. The Morgan fingerprint density at radius 3 is 2.94 bits per heavy atom. The smallest absolute Gasteiger partial charge is 0.239 e. The number of nitrogens with one attached hydrogen (secondary N) is 1. The second kappa shape index (κ2) is 6.01. The number of carbonyl (C=O) groups excluding carboxylic acids is 1. The van der Waals surface area contributed by atoms with Crippen molar-refractivity contribution in [3.05, 3.63) is 35.4 Å². The van der Waals surface area contributed by atoms with Crippen LogP contribution in [0.1, 0.15) is 30.4 Å². The molecule has 1 aromatic rings. The van der Waals surface area contributed by atoms with Crippen molar-refractivity contribution in [3.8, 4) is 0 Å². The van der Waals surface area contributed by atoms with Gasteiger partial charge in [-0.15, -0.1) is 0 Å². The van der Waals surface area contributed by atoms with Crippen LogP contribution in [0.2, 0.25) is 0 Å². The Hall–Kier alpha value is -1.35. The van der Waals surface area contributed by atoms with Gasteiger partial charge in [-0.1, -0.05) is 36.2 Å². The molecular weight excluding hydrogens is 224 g/mol. The van der Waals surface area contributed by atoms with Crippen LogP contribution in [-0.2, 0) is 11.3 Å². The maximum atomic E-state index is 12.3. The van der Waals surface area contributed by atoms with Crippen LogP contribution in [0.3, 0.4) is 0 Å². The van der Waals surface area contributed by atoms with Crippen LogP contribution >= 0.6 is 0 Å². The minimum absolute atomic E-state index is 0.0218. The van der Waals surface area contributed by atoms with Crippen molar-refractivity contribution in [1.29, 1.82) is 0 Å². The van der Waals surface area contributed by atoms with Gasteiger partial charge in [0.1, 0.15) is 0 Å².